The van der Waals surface area contributed by atoms with Gasteiger partial charge in [0.1, 0.15) is 11.9 Å². The third-order valence-electron chi connectivity index (χ3n) is 4.23. The van der Waals surface area contributed by atoms with Gasteiger partial charge in [-0.3, -0.25) is 9.20 Å². The topological polar surface area (TPSA) is 62.7 Å². The maximum absolute atomic E-state index is 12.2. The highest BCUT2D eigenvalue weighted by atomic mass is 32.2. The first kappa shape index (κ1) is 18.5. The normalized spacial score (nSPS) is 17.3. The number of nitrogens with one attached hydrogen (secondary N) is 2. The SMILES string of the molecule is CN=C(NCCS(=O)Cc1ccccc1)NCC1Cc2ccccc2O1. The Balaban J connectivity index is 1.36. The van der Waals surface area contributed by atoms with Crippen molar-refractivity contribution in [1.29, 1.82) is 0 Å². The number of aliphatic imine (C=N–C) groups is 1. The molecule has 3 rings (SSSR count). The van der Waals surface area contributed by atoms with E-state index in [-0.39, 0.29) is 6.10 Å². The maximum atomic E-state index is 12.2. The van der Waals surface area contributed by atoms with Gasteiger partial charge < -0.3 is 15.4 Å². The van der Waals surface area contributed by atoms with Crippen LogP contribution in [0, 0.1) is 0 Å². The number of hydrogen-bond acceptors (Lipinski definition) is 3. The Morgan fingerprint density at radius 3 is 2.69 bits per heavy atom. The van der Waals surface area contributed by atoms with Gasteiger partial charge in [0.25, 0.3) is 0 Å². The average molecular weight is 372 g/mol. The van der Waals surface area contributed by atoms with E-state index in [1.54, 1.807) is 7.05 Å². The van der Waals surface area contributed by atoms with Gasteiger partial charge in [-0.2, -0.15) is 0 Å². The molecule has 0 aromatic heterocycles. The van der Waals surface area contributed by atoms with Gasteiger partial charge in [0, 0.05) is 42.3 Å². The van der Waals surface area contributed by atoms with Crippen LogP contribution in [-0.4, -0.2) is 42.2 Å². The number of ether oxygens (including phenoxy) is 1. The van der Waals surface area contributed by atoms with Gasteiger partial charge in [-0.15, -0.1) is 0 Å². The average Bonchev–Trinajstić information content (AvgIpc) is 3.08. The van der Waals surface area contributed by atoms with Crippen LogP contribution in [0.15, 0.2) is 59.6 Å². The molecule has 2 atom stereocenters. The van der Waals surface area contributed by atoms with E-state index in [4.69, 9.17) is 4.74 Å². The second-order valence-corrected chi connectivity index (χ2v) is 7.78. The Morgan fingerprint density at radius 2 is 1.92 bits per heavy atom. The molecule has 0 amide bonds. The highest BCUT2D eigenvalue weighted by molar-refractivity contribution is 7.84. The van der Waals surface area contributed by atoms with Crippen molar-refractivity contribution in [2.24, 2.45) is 4.99 Å². The summed E-state index contributed by atoms with van der Waals surface area (Å²) in [5.74, 6) is 2.85. The van der Waals surface area contributed by atoms with Crippen molar-refractivity contribution < 1.29 is 8.95 Å². The number of nitrogens with zero attached hydrogens (tertiary/aromatic N) is 1. The monoisotopic (exact) mass is 371 g/mol. The summed E-state index contributed by atoms with van der Waals surface area (Å²) >= 11 is 0. The predicted molar refractivity (Wildman–Crippen MR) is 107 cm³/mol. The fraction of sp³-hybridized carbons (Fsp3) is 0.350. The minimum Gasteiger partial charge on any atom is -0.488 e. The molecule has 0 radical (unpaired) electrons. The zero-order chi connectivity index (χ0) is 18.2. The lowest BCUT2D eigenvalue weighted by molar-refractivity contribution is 0.235. The van der Waals surface area contributed by atoms with Crippen molar-refractivity contribution in [2.45, 2.75) is 18.3 Å². The fourth-order valence-electron chi connectivity index (χ4n) is 2.91. The lowest BCUT2D eigenvalue weighted by atomic mass is 10.1. The summed E-state index contributed by atoms with van der Waals surface area (Å²) in [6.45, 7) is 1.30. The molecule has 2 aromatic carbocycles. The standard InChI is InChI=1S/C20H25N3O2S/c1-21-20(22-11-12-26(24)15-16-7-3-2-4-8-16)23-14-18-13-17-9-5-6-10-19(17)25-18/h2-10,18H,11-15H2,1H3,(H2,21,22,23). The van der Waals surface area contributed by atoms with Crippen LogP contribution in [0.1, 0.15) is 11.1 Å². The van der Waals surface area contributed by atoms with E-state index < -0.39 is 10.8 Å². The Morgan fingerprint density at radius 1 is 1.15 bits per heavy atom. The minimum absolute atomic E-state index is 0.109. The van der Waals surface area contributed by atoms with E-state index in [2.05, 4.69) is 21.7 Å². The molecule has 2 unspecified atom stereocenters. The number of guanidine groups is 1. The Labute approximate surface area is 157 Å². The summed E-state index contributed by atoms with van der Waals surface area (Å²) in [4.78, 5) is 4.22. The number of rotatable bonds is 7. The Bertz CT molecular complexity index is 740. The molecule has 2 N–H and O–H groups in total. The highest BCUT2D eigenvalue weighted by Crippen LogP contribution is 2.27. The summed E-state index contributed by atoms with van der Waals surface area (Å²) in [6, 6.07) is 18.1. The second-order valence-electron chi connectivity index (χ2n) is 6.21. The van der Waals surface area contributed by atoms with E-state index in [1.807, 2.05) is 48.5 Å². The first-order chi connectivity index (χ1) is 12.7. The van der Waals surface area contributed by atoms with Gasteiger partial charge in [-0.05, 0) is 17.2 Å². The number of hydrogen-bond donors (Lipinski definition) is 2. The van der Waals surface area contributed by atoms with E-state index in [1.165, 1.54) is 5.56 Å². The predicted octanol–water partition coefficient (Wildman–Crippen LogP) is 2.10. The van der Waals surface area contributed by atoms with Crippen molar-refractivity contribution in [1.82, 2.24) is 10.6 Å². The number of benzene rings is 2. The Kier molecular flexibility index (Phi) is 6.66. The summed E-state index contributed by atoms with van der Waals surface area (Å²) in [5, 5.41) is 6.51. The molecule has 26 heavy (non-hydrogen) atoms. The molecule has 0 saturated heterocycles. The van der Waals surface area contributed by atoms with Crippen LogP contribution in [-0.2, 0) is 23.0 Å². The summed E-state index contributed by atoms with van der Waals surface area (Å²) in [6.07, 6.45) is 1.01. The zero-order valence-electron chi connectivity index (χ0n) is 15.0. The highest BCUT2D eigenvalue weighted by Gasteiger charge is 2.22. The largest absolute Gasteiger partial charge is 0.488 e. The molecule has 1 aliphatic rings. The number of para-hydroxylation sites is 1. The van der Waals surface area contributed by atoms with Gasteiger partial charge in [0.15, 0.2) is 5.96 Å². The molecule has 1 aliphatic heterocycles. The third-order valence-corrected chi connectivity index (χ3v) is 5.54. The van der Waals surface area contributed by atoms with Crippen molar-refractivity contribution in [3.05, 3.63) is 65.7 Å². The summed E-state index contributed by atoms with van der Waals surface area (Å²) < 4.78 is 18.1. The van der Waals surface area contributed by atoms with Crippen LogP contribution < -0.4 is 15.4 Å². The summed E-state index contributed by atoms with van der Waals surface area (Å²) in [7, 11) is 0.844. The fourth-order valence-corrected chi connectivity index (χ4v) is 3.95. The zero-order valence-corrected chi connectivity index (χ0v) is 15.8. The first-order valence-corrected chi connectivity index (χ1v) is 10.3. The van der Waals surface area contributed by atoms with Crippen molar-refractivity contribution in [2.75, 3.05) is 25.9 Å². The quantitative estimate of drug-likeness (QED) is 0.578. The molecule has 2 aromatic rings. The molecule has 1 heterocycles. The van der Waals surface area contributed by atoms with E-state index in [0.29, 0.717) is 30.6 Å². The first-order valence-electron chi connectivity index (χ1n) is 8.82. The van der Waals surface area contributed by atoms with Crippen LogP contribution in [0.5, 0.6) is 5.75 Å². The van der Waals surface area contributed by atoms with E-state index in [0.717, 1.165) is 17.7 Å². The molecule has 0 fully saturated rings. The number of fused-ring (bicyclic) bond motifs is 1. The molecule has 6 heteroatoms. The molecule has 0 spiro atoms. The van der Waals surface area contributed by atoms with Gasteiger partial charge in [0.2, 0.25) is 0 Å². The lowest BCUT2D eigenvalue weighted by Crippen LogP contribution is -2.43. The molecule has 0 bridgehead atoms. The minimum atomic E-state index is -0.892. The maximum Gasteiger partial charge on any atom is 0.191 e. The molecule has 0 saturated carbocycles. The van der Waals surface area contributed by atoms with E-state index in [9.17, 15) is 4.21 Å². The van der Waals surface area contributed by atoms with Gasteiger partial charge in [-0.25, -0.2) is 0 Å². The smallest absolute Gasteiger partial charge is 0.191 e. The summed E-state index contributed by atoms with van der Waals surface area (Å²) in [5.41, 5.74) is 2.35. The van der Waals surface area contributed by atoms with Crippen LogP contribution in [0.2, 0.25) is 0 Å². The molecule has 0 aliphatic carbocycles. The van der Waals surface area contributed by atoms with Crippen LogP contribution >= 0.6 is 0 Å². The van der Waals surface area contributed by atoms with E-state index >= 15 is 0 Å². The second kappa shape index (κ2) is 9.38. The lowest BCUT2D eigenvalue weighted by Gasteiger charge is -2.15. The molecule has 5 nitrogen and oxygen atoms in total. The molecular formula is C20H25N3O2S. The van der Waals surface area contributed by atoms with Gasteiger partial charge in [0.05, 0.1) is 6.54 Å². The van der Waals surface area contributed by atoms with Gasteiger partial charge >= 0.3 is 0 Å². The van der Waals surface area contributed by atoms with Gasteiger partial charge in [-0.1, -0.05) is 48.5 Å². The molecule has 138 valence electrons. The molecular weight excluding hydrogens is 346 g/mol. The van der Waals surface area contributed by atoms with Crippen molar-refractivity contribution >= 4 is 16.8 Å². The van der Waals surface area contributed by atoms with Crippen LogP contribution in [0.25, 0.3) is 0 Å². The Hall–Kier alpha value is -2.34. The van der Waals surface area contributed by atoms with Crippen LogP contribution in [0.4, 0.5) is 0 Å². The third kappa shape index (κ3) is 5.33. The van der Waals surface area contributed by atoms with Crippen LogP contribution in [0.3, 0.4) is 0 Å². The van der Waals surface area contributed by atoms with Crippen molar-refractivity contribution in [3.8, 4) is 5.75 Å². The van der Waals surface area contributed by atoms with Crippen molar-refractivity contribution in [3.63, 3.8) is 0 Å².